The highest BCUT2D eigenvalue weighted by Crippen LogP contribution is 2.21. The first-order chi connectivity index (χ1) is 11.5. The smallest absolute Gasteiger partial charge is 0.223 e. The van der Waals surface area contributed by atoms with Crippen molar-refractivity contribution < 1.29 is 9.59 Å². The highest BCUT2D eigenvalue weighted by molar-refractivity contribution is 5.76. The fraction of sp³-hybridized carbons (Fsp3) is 0.526. The Hall–Kier alpha value is -2.35. The first-order valence-electron chi connectivity index (χ1n) is 8.53. The van der Waals surface area contributed by atoms with Gasteiger partial charge in [0.15, 0.2) is 0 Å². The molecule has 1 aromatic rings. The molecule has 1 rings (SSSR count). The summed E-state index contributed by atoms with van der Waals surface area (Å²) in [5, 5.41) is 11.6. The van der Waals surface area contributed by atoms with Crippen LogP contribution in [0, 0.1) is 11.3 Å². The zero-order chi connectivity index (χ0) is 17.9. The Morgan fingerprint density at radius 1 is 1.21 bits per heavy atom. The predicted molar refractivity (Wildman–Crippen MR) is 94.1 cm³/mol. The number of nitriles is 1. The topological polar surface area (TPSA) is 73.2 Å². The van der Waals surface area contributed by atoms with E-state index in [1.165, 1.54) is 6.92 Å². The third-order valence-electron chi connectivity index (χ3n) is 4.09. The van der Waals surface area contributed by atoms with Crippen LogP contribution in [-0.2, 0) is 9.59 Å². The molecule has 0 aliphatic rings. The van der Waals surface area contributed by atoms with Crippen LogP contribution in [0.3, 0.4) is 0 Å². The number of rotatable bonds is 9. The second kappa shape index (κ2) is 10.4. The van der Waals surface area contributed by atoms with Crippen molar-refractivity contribution in [3.63, 3.8) is 0 Å². The van der Waals surface area contributed by atoms with Crippen LogP contribution in [0.25, 0.3) is 0 Å². The molecule has 0 aliphatic heterocycles. The number of amides is 2. The summed E-state index contributed by atoms with van der Waals surface area (Å²) in [4.78, 5) is 25.1. The van der Waals surface area contributed by atoms with E-state index in [-0.39, 0.29) is 17.9 Å². The molecular formula is C19H27N3O2. The van der Waals surface area contributed by atoms with Gasteiger partial charge in [-0.3, -0.25) is 9.59 Å². The first kappa shape index (κ1) is 19.7. The van der Waals surface area contributed by atoms with Gasteiger partial charge in [-0.1, -0.05) is 18.6 Å². The third-order valence-corrected chi connectivity index (χ3v) is 4.09. The molecule has 5 nitrogen and oxygen atoms in total. The maximum atomic E-state index is 12.5. The van der Waals surface area contributed by atoms with Crippen molar-refractivity contribution in [3.8, 4) is 6.07 Å². The summed E-state index contributed by atoms with van der Waals surface area (Å²) >= 11 is 0. The van der Waals surface area contributed by atoms with Gasteiger partial charge in [0, 0.05) is 26.4 Å². The molecule has 0 aliphatic carbocycles. The number of carbonyl (C=O) groups is 2. The molecule has 1 atom stereocenters. The van der Waals surface area contributed by atoms with Gasteiger partial charge in [-0.25, -0.2) is 0 Å². The van der Waals surface area contributed by atoms with E-state index in [4.69, 9.17) is 5.26 Å². The fourth-order valence-electron chi connectivity index (χ4n) is 2.67. The van der Waals surface area contributed by atoms with E-state index < -0.39 is 0 Å². The summed E-state index contributed by atoms with van der Waals surface area (Å²) in [7, 11) is 0. The molecule has 0 bridgehead atoms. The average Bonchev–Trinajstić information content (AvgIpc) is 2.58. The Kier molecular flexibility index (Phi) is 8.56. The fourth-order valence-corrected chi connectivity index (χ4v) is 2.67. The molecule has 1 aromatic carbocycles. The molecule has 5 heteroatoms. The van der Waals surface area contributed by atoms with Gasteiger partial charge in [-0.05, 0) is 44.4 Å². The minimum absolute atomic E-state index is 0.00498. The van der Waals surface area contributed by atoms with E-state index in [1.54, 1.807) is 12.1 Å². The summed E-state index contributed by atoms with van der Waals surface area (Å²) in [6.07, 6.45) is 3.17. The molecule has 0 saturated carbocycles. The molecular weight excluding hydrogens is 302 g/mol. The van der Waals surface area contributed by atoms with Crippen LogP contribution >= 0.6 is 0 Å². The first-order valence-corrected chi connectivity index (χ1v) is 8.53. The van der Waals surface area contributed by atoms with Crippen LogP contribution in [0.1, 0.15) is 63.6 Å². The Labute approximate surface area is 144 Å². The maximum absolute atomic E-state index is 12.5. The molecule has 24 heavy (non-hydrogen) atoms. The lowest BCUT2D eigenvalue weighted by atomic mass is 10.0. The van der Waals surface area contributed by atoms with E-state index in [2.05, 4.69) is 11.4 Å². The summed E-state index contributed by atoms with van der Waals surface area (Å²) in [5.41, 5.74) is 1.66. The molecule has 0 saturated heterocycles. The van der Waals surface area contributed by atoms with E-state index in [9.17, 15) is 9.59 Å². The van der Waals surface area contributed by atoms with Crippen molar-refractivity contribution in [2.24, 2.45) is 0 Å². The predicted octanol–water partition coefficient (Wildman–Crippen LogP) is 3.16. The zero-order valence-corrected chi connectivity index (χ0v) is 14.8. The quantitative estimate of drug-likeness (QED) is 0.707. The summed E-state index contributed by atoms with van der Waals surface area (Å²) < 4.78 is 0. The highest BCUT2D eigenvalue weighted by atomic mass is 16.2. The van der Waals surface area contributed by atoms with Crippen molar-refractivity contribution in [3.05, 3.63) is 35.4 Å². The largest absolute Gasteiger partial charge is 0.356 e. The van der Waals surface area contributed by atoms with Crippen LogP contribution < -0.4 is 5.32 Å². The number of hydrogen-bond donors (Lipinski definition) is 1. The van der Waals surface area contributed by atoms with Gasteiger partial charge >= 0.3 is 0 Å². The minimum atomic E-state index is -0.0144. The lowest BCUT2D eigenvalue weighted by Crippen LogP contribution is -2.33. The molecule has 2 amide bonds. The van der Waals surface area contributed by atoms with Crippen LogP contribution in [0.15, 0.2) is 24.3 Å². The SMILES string of the molecule is CCN(C(=O)CCCCCNC(C)=O)C(C)c1ccc(C#N)cc1. The summed E-state index contributed by atoms with van der Waals surface area (Å²) in [6, 6.07) is 9.49. The molecule has 0 aromatic heterocycles. The lowest BCUT2D eigenvalue weighted by molar-refractivity contribution is -0.133. The number of benzene rings is 1. The van der Waals surface area contributed by atoms with E-state index in [0.717, 1.165) is 24.8 Å². The lowest BCUT2D eigenvalue weighted by Gasteiger charge is -2.28. The number of nitrogens with one attached hydrogen (secondary N) is 1. The third kappa shape index (κ3) is 6.41. The Bertz CT molecular complexity index is 575. The van der Waals surface area contributed by atoms with E-state index in [0.29, 0.717) is 25.1 Å². The number of unbranched alkanes of at least 4 members (excludes halogenated alkanes) is 2. The Morgan fingerprint density at radius 2 is 1.88 bits per heavy atom. The van der Waals surface area contributed by atoms with Gasteiger partial charge in [0.05, 0.1) is 17.7 Å². The van der Waals surface area contributed by atoms with E-state index in [1.807, 2.05) is 30.9 Å². The van der Waals surface area contributed by atoms with Crippen molar-refractivity contribution in [2.45, 2.75) is 52.5 Å². The molecule has 0 heterocycles. The summed E-state index contributed by atoms with van der Waals surface area (Å²) in [5.74, 6) is 0.133. The van der Waals surface area contributed by atoms with Crippen LogP contribution in [0.2, 0.25) is 0 Å². The van der Waals surface area contributed by atoms with Crippen molar-refractivity contribution in [1.29, 1.82) is 5.26 Å². The normalized spacial score (nSPS) is 11.4. The maximum Gasteiger partial charge on any atom is 0.223 e. The Morgan fingerprint density at radius 3 is 2.42 bits per heavy atom. The molecule has 0 spiro atoms. The highest BCUT2D eigenvalue weighted by Gasteiger charge is 2.19. The van der Waals surface area contributed by atoms with Gasteiger partial charge in [-0.2, -0.15) is 5.26 Å². The van der Waals surface area contributed by atoms with Crippen molar-refractivity contribution in [2.75, 3.05) is 13.1 Å². The van der Waals surface area contributed by atoms with Gasteiger partial charge in [-0.15, -0.1) is 0 Å². The van der Waals surface area contributed by atoms with Gasteiger partial charge in [0.25, 0.3) is 0 Å². The molecule has 0 radical (unpaired) electrons. The zero-order valence-electron chi connectivity index (χ0n) is 14.8. The van der Waals surface area contributed by atoms with Crippen LogP contribution in [0.4, 0.5) is 0 Å². The number of carbonyl (C=O) groups excluding carboxylic acids is 2. The van der Waals surface area contributed by atoms with Gasteiger partial charge in [0.1, 0.15) is 0 Å². The second-order valence-electron chi connectivity index (χ2n) is 5.88. The monoisotopic (exact) mass is 329 g/mol. The number of nitrogens with zero attached hydrogens (tertiary/aromatic N) is 2. The molecule has 1 unspecified atom stereocenters. The van der Waals surface area contributed by atoms with Crippen LogP contribution in [-0.4, -0.2) is 29.8 Å². The minimum Gasteiger partial charge on any atom is -0.356 e. The molecule has 0 fully saturated rings. The van der Waals surface area contributed by atoms with Gasteiger partial charge in [0.2, 0.25) is 11.8 Å². The van der Waals surface area contributed by atoms with E-state index >= 15 is 0 Å². The number of hydrogen-bond acceptors (Lipinski definition) is 3. The van der Waals surface area contributed by atoms with Crippen molar-refractivity contribution >= 4 is 11.8 Å². The van der Waals surface area contributed by atoms with Crippen molar-refractivity contribution in [1.82, 2.24) is 10.2 Å². The summed E-state index contributed by atoms with van der Waals surface area (Å²) in [6.45, 7) is 6.83. The average molecular weight is 329 g/mol. The Balaban J connectivity index is 2.47. The van der Waals surface area contributed by atoms with Crippen LogP contribution in [0.5, 0.6) is 0 Å². The molecule has 1 N–H and O–H groups in total. The van der Waals surface area contributed by atoms with Gasteiger partial charge < -0.3 is 10.2 Å². The standard InChI is InChI=1S/C19H27N3O2/c1-4-22(15(2)18-11-9-17(14-20)10-12-18)19(24)8-6-5-7-13-21-16(3)23/h9-12,15H,4-8,13H2,1-3H3,(H,21,23). The molecule has 130 valence electrons. The second-order valence-corrected chi connectivity index (χ2v) is 5.88.